The number of nitrogens with zero attached hydrogens (tertiary/aromatic N) is 2. The standard InChI is InChI=1S/C37H38ClN3O6/c1-46-28-13-14-33-30(21-28)32(42)22-34(47-33)36(44)39-31(20-24-9-11-27(38)12-10-24)37(45)40-18-15-25(16-19-40)29-7-3-2-6-26(29)23-41-17-5-4-8-35(41)43/h2-3,6-7,9-14,21-22,25,31H,4-5,8,15-20,23H2,1H3,(H,39,44)/t31-/m0/s1. The monoisotopic (exact) mass is 655 g/mol. The second-order valence-corrected chi connectivity index (χ2v) is 12.7. The summed E-state index contributed by atoms with van der Waals surface area (Å²) in [6.07, 6.45) is 4.37. The summed E-state index contributed by atoms with van der Waals surface area (Å²) in [6.45, 7) is 2.46. The van der Waals surface area contributed by atoms with E-state index in [0.717, 1.165) is 49.4 Å². The molecule has 244 valence electrons. The maximum atomic E-state index is 14.0. The predicted molar refractivity (Wildman–Crippen MR) is 180 cm³/mol. The first-order valence-electron chi connectivity index (χ1n) is 16.1. The van der Waals surface area contributed by atoms with E-state index in [1.165, 1.54) is 12.7 Å². The second kappa shape index (κ2) is 14.4. The molecule has 1 N–H and O–H groups in total. The Bertz CT molecular complexity index is 1830. The van der Waals surface area contributed by atoms with E-state index in [2.05, 4.69) is 17.4 Å². The number of hydrogen-bond donors (Lipinski definition) is 1. The molecule has 0 unspecified atom stereocenters. The van der Waals surface area contributed by atoms with Crippen molar-refractivity contribution in [1.29, 1.82) is 0 Å². The van der Waals surface area contributed by atoms with Crippen molar-refractivity contribution in [2.75, 3.05) is 26.7 Å². The largest absolute Gasteiger partial charge is 0.497 e. The van der Waals surface area contributed by atoms with E-state index in [9.17, 15) is 19.2 Å². The Morgan fingerprint density at radius 1 is 0.979 bits per heavy atom. The van der Waals surface area contributed by atoms with Crippen LogP contribution >= 0.6 is 11.6 Å². The third kappa shape index (κ3) is 7.52. The lowest BCUT2D eigenvalue weighted by atomic mass is 9.86. The number of likely N-dealkylation sites (tertiary alicyclic amines) is 2. The fourth-order valence-electron chi connectivity index (χ4n) is 6.60. The highest BCUT2D eigenvalue weighted by atomic mass is 35.5. The summed E-state index contributed by atoms with van der Waals surface area (Å²) in [6, 6.07) is 20.5. The van der Waals surface area contributed by atoms with E-state index in [-0.39, 0.29) is 40.9 Å². The smallest absolute Gasteiger partial charge is 0.287 e. The molecule has 2 aliphatic rings. The van der Waals surface area contributed by atoms with Gasteiger partial charge in [-0.1, -0.05) is 48.0 Å². The number of piperidine rings is 2. The number of amides is 3. The van der Waals surface area contributed by atoms with Gasteiger partial charge < -0.3 is 24.3 Å². The van der Waals surface area contributed by atoms with Crippen molar-refractivity contribution in [3.8, 4) is 5.75 Å². The number of nitrogens with one attached hydrogen (secondary N) is 1. The first-order chi connectivity index (χ1) is 22.8. The predicted octanol–water partition coefficient (Wildman–Crippen LogP) is 5.71. The lowest BCUT2D eigenvalue weighted by Crippen LogP contribution is -2.51. The fourth-order valence-corrected chi connectivity index (χ4v) is 6.73. The molecule has 0 radical (unpaired) electrons. The summed E-state index contributed by atoms with van der Waals surface area (Å²) in [5, 5.41) is 3.72. The van der Waals surface area contributed by atoms with Crippen LogP contribution < -0.4 is 15.5 Å². The molecular weight excluding hydrogens is 618 g/mol. The number of halogens is 1. The van der Waals surface area contributed by atoms with E-state index in [1.807, 2.05) is 29.2 Å². The topological polar surface area (TPSA) is 109 Å². The minimum absolute atomic E-state index is 0.177. The Balaban J connectivity index is 1.18. The number of methoxy groups -OCH3 is 1. The van der Waals surface area contributed by atoms with Crippen LogP contribution in [0.5, 0.6) is 5.75 Å². The molecule has 6 rings (SSSR count). The Morgan fingerprint density at radius 2 is 1.74 bits per heavy atom. The summed E-state index contributed by atoms with van der Waals surface area (Å²) in [4.78, 5) is 56.6. The normalized spacial score (nSPS) is 16.3. The van der Waals surface area contributed by atoms with Gasteiger partial charge in [-0.2, -0.15) is 0 Å². The van der Waals surface area contributed by atoms with Crippen molar-refractivity contribution in [3.63, 3.8) is 0 Å². The average molecular weight is 656 g/mol. The number of carbonyl (C=O) groups excluding carboxylic acids is 3. The molecule has 3 heterocycles. The minimum atomic E-state index is -0.894. The second-order valence-electron chi connectivity index (χ2n) is 12.3. The van der Waals surface area contributed by atoms with E-state index in [1.54, 1.807) is 35.2 Å². The van der Waals surface area contributed by atoms with Gasteiger partial charge in [0.05, 0.1) is 12.5 Å². The number of rotatable bonds is 9. The number of carbonyl (C=O) groups is 3. The van der Waals surface area contributed by atoms with Gasteiger partial charge in [-0.3, -0.25) is 19.2 Å². The van der Waals surface area contributed by atoms with Gasteiger partial charge in [0.1, 0.15) is 17.4 Å². The molecule has 9 nitrogen and oxygen atoms in total. The van der Waals surface area contributed by atoms with Crippen molar-refractivity contribution in [1.82, 2.24) is 15.1 Å². The van der Waals surface area contributed by atoms with Gasteiger partial charge in [0.2, 0.25) is 11.8 Å². The zero-order chi connectivity index (χ0) is 32.9. The fraction of sp³-hybridized carbons (Fsp3) is 0.351. The van der Waals surface area contributed by atoms with Crippen LogP contribution in [0.25, 0.3) is 11.0 Å². The number of hydrogen-bond acceptors (Lipinski definition) is 6. The molecule has 2 aliphatic heterocycles. The van der Waals surface area contributed by atoms with Crippen LogP contribution in [0.2, 0.25) is 5.02 Å². The molecule has 1 aromatic heterocycles. The van der Waals surface area contributed by atoms with Crippen molar-refractivity contribution in [3.05, 3.63) is 110 Å². The molecular formula is C37H38ClN3O6. The highest BCUT2D eigenvalue weighted by molar-refractivity contribution is 6.30. The lowest BCUT2D eigenvalue weighted by molar-refractivity contribution is -0.135. The number of fused-ring (bicyclic) bond motifs is 1. The summed E-state index contributed by atoms with van der Waals surface area (Å²) in [7, 11) is 1.50. The van der Waals surface area contributed by atoms with Gasteiger partial charge in [-0.05, 0) is 78.6 Å². The Labute approximate surface area is 278 Å². The third-order valence-electron chi connectivity index (χ3n) is 9.20. The molecule has 4 aromatic rings. The van der Waals surface area contributed by atoms with E-state index >= 15 is 0 Å². The van der Waals surface area contributed by atoms with Crippen molar-refractivity contribution in [2.45, 2.75) is 57.0 Å². The van der Waals surface area contributed by atoms with Crippen LogP contribution in [0.1, 0.15) is 65.3 Å². The molecule has 3 aromatic carbocycles. The SMILES string of the molecule is COc1ccc2oc(C(=O)N[C@@H](Cc3ccc(Cl)cc3)C(=O)N3CCC(c4ccccc4CN4CCCCC4=O)CC3)cc(=O)c2c1. The molecule has 3 amide bonds. The summed E-state index contributed by atoms with van der Waals surface area (Å²) in [5.41, 5.74) is 3.08. The summed E-state index contributed by atoms with van der Waals surface area (Å²) >= 11 is 6.10. The number of ether oxygens (including phenoxy) is 1. The Morgan fingerprint density at radius 3 is 2.49 bits per heavy atom. The van der Waals surface area contributed by atoms with Gasteiger partial charge in [0.25, 0.3) is 5.91 Å². The van der Waals surface area contributed by atoms with Crippen LogP contribution in [0.15, 0.2) is 82.0 Å². The van der Waals surface area contributed by atoms with E-state index < -0.39 is 11.9 Å². The van der Waals surface area contributed by atoms with Gasteiger partial charge in [0, 0.05) is 50.1 Å². The minimum Gasteiger partial charge on any atom is -0.497 e. The van der Waals surface area contributed by atoms with E-state index in [4.69, 9.17) is 20.8 Å². The zero-order valence-corrected chi connectivity index (χ0v) is 27.1. The molecule has 10 heteroatoms. The van der Waals surface area contributed by atoms with Crippen molar-refractivity contribution >= 4 is 40.3 Å². The zero-order valence-electron chi connectivity index (χ0n) is 26.4. The first kappa shape index (κ1) is 32.3. The highest BCUT2D eigenvalue weighted by Gasteiger charge is 2.32. The van der Waals surface area contributed by atoms with E-state index in [0.29, 0.717) is 42.2 Å². The van der Waals surface area contributed by atoms with Crippen molar-refractivity contribution < 1.29 is 23.5 Å². The van der Waals surface area contributed by atoms with Gasteiger partial charge in [0.15, 0.2) is 11.2 Å². The molecule has 2 fully saturated rings. The first-order valence-corrected chi connectivity index (χ1v) is 16.5. The molecule has 0 spiro atoms. The molecule has 1 atom stereocenters. The van der Waals surface area contributed by atoms with Gasteiger partial charge in [-0.25, -0.2) is 0 Å². The summed E-state index contributed by atoms with van der Waals surface area (Å²) < 4.78 is 11.0. The Hall–Kier alpha value is -4.63. The molecule has 0 saturated carbocycles. The van der Waals surface area contributed by atoms with Gasteiger partial charge >= 0.3 is 0 Å². The maximum Gasteiger partial charge on any atom is 0.287 e. The van der Waals surface area contributed by atoms with Crippen LogP contribution in [-0.4, -0.2) is 60.3 Å². The molecule has 2 saturated heterocycles. The maximum absolute atomic E-state index is 14.0. The van der Waals surface area contributed by atoms with Crippen LogP contribution in [0, 0.1) is 0 Å². The molecule has 0 aliphatic carbocycles. The van der Waals surface area contributed by atoms with Crippen molar-refractivity contribution in [2.24, 2.45) is 0 Å². The van der Waals surface area contributed by atoms with Crippen LogP contribution in [0.4, 0.5) is 0 Å². The highest BCUT2D eigenvalue weighted by Crippen LogP contribution is 2.32. The van der Waals surface area contributed by atoms with Crippen LogP contribution in [-0.2, 0) is 22.6 Å². The van der Waals surface area contributed by atoms with Gasteiger partial charge in [-0.15, -0.1) is 0 Å². The quantitative estimate of drug-likeness (QED) is 0.247. The summed E-state index contributed by atoms with van der Waals surface area (Å²) in [5.74, 6) is -0.0625. The molecule has 0 bridgehead atoms. The average Bonchev–Trinajstić information content (AvgIpc) is 3.09. The number of benzene rings is 3. The van der Waals surface area contributed by atoms with Crippen LogP contribution in [0.3, 0.4) is 0 Å². The molecule has 47 heavy (non-hydrogen) atoms. The third-order valence-corrected chi connectivity index (χ3v) is 9.45. The lowest BCUT2D eigenvalue weighted by Gasteiger charge is -2.36. The Kier molecular flexibility index (Phi) is 9.92.